The summed E-state index contributed by atoms with van der Waals surface area (Å²) in [5.41, 5.74) is 1.89. The second kappa shape index (κ2) is 6.06. The first-order chi connectivity index (χ1) is 9.17. The van der Waals surface area contributed by atoms with Crippen molar-refractivity contribution < 1.29 is 19.7 Å². The van der Waals surface area contributed by atoms with E-state index in [4.69, 9.17) is 9.84 Å². The number of Topliss-reactive ketones (excluding diaryl/α,β-unsaturated/α-hetero) is 1. The molecule has 104 valence electrons. The molecule has 0 heterocycles. The molecule has 1 fully saturated rings. The summed E-state index contributed by atoms with van der Waals surface area (Å²) in [4.78, 5) is 11.9. The largest absolute Gasteiger partial charge is 0.504 e. The molecule has 1 unspecified atom stereocenters. The molecule has 4 heteroatoms. The fourth-order valence-corrected chi connectivity index (χ4v) is 2.75. The number of aliphatic hydroxyl groups excluding tert-OH is 1. The molecule has 1 aromatic rings. The Morgan fingerprint density at radius 2 is 2.21 bits per heavy atom. The smallest absolute Gasteiger partial charge is 0.160 e. The molecule has 0 amide bonds. The van der Waals surface area contributed by atoms with E-state index in [1.54, 1.807) is 12.1 Å². The summed E-state index contributed by atoms with van der Waals surface area (Å²) in [6.45, 7) is 0.112. The van der Waals surface area contributed by atoms with E-state index >= 15 is 0 Å². The fraction of sp³-hybridized carbons (Fsp3) is 0.533. The van der Waals surface area contributed by atoms with Gasteiger partial charge in [0.05, 0.1) is 7.11 Å². The van der Waals surface area contributed by atoms with Crippen molar-refractivity contribution in [2.24, 2.45) is 0 Å². The molecule has 2 rings (SSSR count). The predicted octanol–water partition coefficient (Wildman–Crippen LogP) is 2.16. The maximum Gasteiger partial charge on any atom is 0.160 e. The van der Waals surface area contributed by atoms with Crippen molar-refractivity contribution in [3.63, 3.8) is 0 Å². The van der Waals surface area contributed by atoms with Crippen LogP contribution in [0.3, 0.4) is 0 Å². The lowest BCUT2D eigenvalue weighted by atomic mass is 9.90. The normalized spacial score (nSPS) is 18.8. The molecule has 0 radical (unpaired) electrons. The summed E-state index contributed by atoms with van der Waals surface area (Å²) in [6.07, 6.45) is 3.71. The van der Waals surface area contributed by atoms with Crippen LogP contribution >= 0.6 is 0 Å². The van der Waals surface area contributed by atoms with Crippen LogP contribution in [0.25, 0.3) is 0 Å². The highest BCUT2D eigenvalue weighted by molar-refractivity contribution is 5.88. The molecule has 1 aliphatic carbocycles. The van der Waals surface area contributed by atoms with E-state index in [0.29, 0.717) is 25.0 Å². The Labute approximate surface area is 113 Å². The van der Waals surface area contributed by atoms with Crippen LogP contribution in [0.15, 0.2) is 12.1 Å². The molecule has 0 spiro atoms. The van der Waals surface area contributed by atoms with Crippen LogP contribution in [0.2, 0.25) is 0 Å². The lowest BCUT2D eigenvalue weighted by Gasteiger charge is -2.16. The van der Waals surface area contributed by atoms with Gasteiger partial charge in [-0.2, -0.15) is 0 Å². The first kappa shape index (κ1) is 13.9. The third-order valence-corrected chi connectivity index (χ3v) is 3.72. The molecule has 1 aliphatic rings. The molecule has 0 bridgehead atoms. The van der Waals surface area contributed by atoms with Crippen LogP contribution in [0.5, 0.6) is 11.5 Å². The number of aryl methyl sites for hydroxylation is 1. The minimum atomic E-state index is -0.106. The number of aliphatic hydroxyl groups is 1. The predicted molar refractivity (Wildman–Crippen MR) is 71.7 cm³/mol. The number of ketones is 1. The third-order valence-electron chi connectivity index (χ3n) is 3.72. The minimum absolute atomic E-state index is 0.0740. The number of benzene rings is 1. The summed E-state index contributed by atoms with van der Waals surface area (Å²) in [5, 5.41) is 18.9. The van der Waals surface area contributed by atoms with E-state index in [1.807, 2.05) is 0 Å². The number of hydrogen-bond donors (Lipinski definition) is 2. The number of phenolic OH excluding ortho intramolecular Hbond substituents is 1. The van der Waals surface area contributed by atoms with Gasteiger partial charge in [0.25, 0.3) is 0 Å². The quantitative estimate of drug-likeness (QED) is 0.855. The molecule has 19 heavy (non-hydrogen) atoms. The molecule has 0 aliphatic heterocycles. The maximum absolute atomic E-state index is 11.9. The summed E-state index contributed by atoms with van der Waals surface area (Å²) >= 11 is 0. The Morgan fingerprint density at radius 3 is 2.79 bits per heavy atom. The zero-order valence-corrected chi connectivity index (χ0v) is 11.2. The van der Waals surface area contributed by atoms with Gasteiger partial charge in [0.1, 0.15) is 5.78 Å². The Kier molecular flexibility index (Phi) is 4.43. The number of methoxy groups -OCH3 is 1. The third kappa shape index (κ3) is 2.89. The van der Waals surface area contributed by atoms with E-state index in [2.05, 4.69) is 0 Å². The Bertz CT molecular complexity index is 467. The second-order valence-corrected chi connectivity index (χ2v) is 4.96. The van der Waals surface area contributed by atoms with Gasteiger partial charge in [-0.25, -0.2) is 0 Å². The fourth-order valence-electron chi connectivity index (χ4n) is 2.75. The minimum Gasteiger partial charge on any atom is -0.504 e. The van der Waals surface area contributed by atoms with E-state index in [0.717, 1.165) is 24.0 Å². The zero-order chi connectivity index (χ0) is 13.8. The van der Waals surface area contributed by atoms with Gasteiger partial charge in [-0.3, -0.25) is 4.79 Å². The van der Waals surface area contributed by atoms with Gasteiger partial charge in [-0.1, -0.05) is 0 Å². The van der Waals surface area contributed by atoms with Gasteiger partial charge >= 0.3 is 0 Å². The molecule has 1 aromatic carbocycles. The molecule has 4 nitrogen and oxygen atoms in total. The molecular formula is C15H20O4. The second-order valence-electron chi connectivity index (χ2n) is 4.96. The number of carbonyl (C=O) groups is 1. The van der Waals surface area contributed by atoms with Crippen LogP contribution in [0, 0.1) is 0 Å². The number of carbonyl (C=O) groups excluding carboxylic acids is 1. The van der Waals surface area contributed by atoms with Crippen molar-refractivity contribution in [3.8, 4) is 11.5 Å². The Hall–Kier alpha value is -1.55. The average Bonchev–Trinajstić information content (AvgIpc) is 2.83. The monoisotopic (exact) mass is 264 g/mol. The van der Waals surface area contributed by atoms with Crippen LogP contribution in [0.4, 0.5) is 0 Å². The first-order valence-corrected chi connectivity index (χ1v) is 6.70. The lowest BCUT2D eigenvalue weighted by Crippen LogP contribution is -2.08. The van der Waals surface area contributed by atoms with Gasteiger partial charge < -0.3 is 14.9 Å². The number of ether oxygens (including phenoxy) is 1. The summed E-state index contributed by atoms with van der Waals surface area (Å²) in [6, 6.07) is 3.44. The number of aromatic hydroxyl groups is 1. The lowest BCUT2D eigenvalue weighted by molar-refractivity contribution is -0.118. The van der Waals surface area contributed by atoms with Crippen LogP contribution in [0.1, 0.15) is 42.7 Å². The zero-order valence-electron chi connectivity index (χ0n) is 11.2. The Morgan fingerprint density at radius 1 is 1.42 bits per heavy atom. The highest BCUT2D eigenvalue weighted by Gasteiger charge is 2.28. The summed E-state index contributed by atoms with van der Waals surface area (Å²) < 4.78 is 5.11. The van der Waals surface area contributed by atoms with Crippen LogP contribution in [-0.2, 0) is 11.2 Å². The molecule has 2 N–H and O–H groups in total. The highest BCUT2D eigenvalue weighted by Crippen LogP contribution is 2.38. The standard InChI is InChI=1S/C15H20O4/c1-19-15-8-10(4-3-7-16)12(9-14(15)18)11-5-2-6-13(11)17/h8-9,11,16,18H,2-7H2,1H3. The van der Waals surface area contributed by atoms with Gasteiger partial charge in [0.2, 0.25) is 0 Å². The van der Waals surface area contributed by atoms with E-state index in [-0.39, 0.29) is 24.1 Å². The van der Waals surface area contributed by atoms with Crippen molar-refractivity contribution in [2.75, 3.05) is 13.7 Å². The van der Waals surface area contributed by atoms with Crippen molar-refractivity contribution >= 4 is 5.78 Å². The van der Waals surface area contributed by atoms with Gasteiger partial charge in [-0.05, 0) is 48.9 Å². The van der Waals surface area contributed by atoms with Gasteiger partial charge in [-0.15, -0.1) is 0 Å². The number of phenols is 1. The van der Waals surface area contributed by atoms with Crippen molar-refractivity contribution in [2.45, 2.75) is 38.0 Å². The van der Waals surface area contributed by atoms with E-state index in [9.17, 15) is 9.90 Å². The highest BCUT2D eigenvalue weighted by atomic mass is 16.5. The van der Waals surface area contributed by atoms with E-state index in [1.165, 1.54) is 7.11 Å². The Balaban J connectivity index is 2.38. The van der Waals surface area contributed by atoms with Crippen molar-refractivity contribution in [3.05, 3.63) is 23.3 Å². The molecule has 0 saturated heterocycles. The van der Waals surface area contributed by atoms with Gasteiger partial charge in [0.15, 0.2) is 11.5 Å². The first-order valence-electron chi connectivity index (χ1n) is 6.70. The SMILES string of the molecule is COc1cc(CCCO)c(C2CCCC2=O)cc1O. The van der Waals surface area contributed by atoms with Crippen molar-refractivity contribution in [1.82, 2.24) is 0 Å². The number of hydrogen-bond acceptors (Lipinski definition) is 4. The van der Waals surface area contributed by atoms with Crippen molar-refractivity contribution in [1.29, 1.82) is 0 Å². The van der Waals surface area contributed by atoms with E-state index < -0.39 is 0 Å². The summed E-state index contributed by atoms with van der Waals surface area (Å²) in [7, 11) is 1.51. The molecule has 1 atom stereocenters. The summed E-state index contributed by atoms with van der Waals surface area (Å²) in [5.74, 6) is 0.632. The molecule has 1 saturated carbocycles. The molecular weight excluding hydrogens is 244 g/mol. The average molecular weight is 264 g/mol. The van der Waals surface area contributed by atoms with Crippen LogP contribution < -0.4 is 4.74 Å². The molecule has 0 aromatic heterocycles. The maximum atomic E-state index is 11.9. The van der Waals surface area contributed by atoms with Crippen LogP contribution in [-0.4, -0.2) is 29.7 Å². The number of rotatable bonds is 5. The topological polar surface area (TPSA) is 66.8 Å². The van der Waals surface area contributed by atoms with Gasteiger partial charge in [0, 0.05) is 18.9 Å².